The SMILES string of the molecule is CC(C)OC(=O)COC(=O)c1ccc(N)c(Cl)c1. The number of nitrogen functional groups attached to an aromatic ring is 1. The van der Waals surface area contributed by atoms with Crippen molar-refractivity contribution < 1.29 is 19.1 Å². The van der Waals surface area contributed by atoms with Crippen molar-refractivity contribution >= 4 is 29.2 Å². The van der Waals surface area contributed by atoms with Crippen LogP contribution in [0.3, 0.4) is 0 Å². The minimum absolute atomic E-state index is 0.228. The molecule has 6 heteroatoms. The summed E-state index contributed by atoms with van der Waals surface area (Å²) in [5.74, 6) is -1.25. The number of carbonyl (C=O) groups excluding carboxylic acids is 2. The molecule has 0 amide bonds. The number of anilines is 1. The van der Waals surface area contributed by atoms with Crippen LogP contribution in [0.15, 0.2) is 18.2 Å². The van der Waals surface area contributed by atoms with Gasteiger partial charge < -0.3 is 15.2 Å². The molecule has 0 spiro atoms. The maximum atomic E-state index is 11.6. The number of hydrogen-bond acceptors (Lipinski definition) is 5. The van der Waals surface area contributed by atoms with Crippen LogP contribution in [0.4, 0.5) is 5.69 Å². The van der Waals surface area contributed by atoms with Gasteiger partial charge in [-0.1, -0.05) is 11.6 Å². The second-order valence-electron chi connectivity index (χ2n) is 3.85. The average Bonchev–Trinajstić information content (AvgIpc) is 2.28. The zero-order chi connectivity index (χ0) is 13.7. The van der Waals surface area contributed by atoms with E-state index >= 15 is 0 Å². The minimum atomic E-state index is -0.655. The highest BCUT2D eigenvalue weighted by atomic mass is 35.5. The van der Waals surface area contributed by atoms with Crippen LogP contribution < -0.4 is 5.73 Å². The third-order valence-corrected chi connectivity index (χ3v) is 2.25. The Kier molecular flexibility index (Phi) is 4.97. The molecule has 0 atom stereocenters. The molecule has 0 saturated heterocycles. The van der Waals surface area contributed by atoms with Crippen LogP contribution in [-0.2, 0) is 14.3 Å². The molecule has 0 bridgehead atoms. The van der Waals surface area contributed by atoms with Crippen molar-refractivity contribution in [2.45, 2.75) is 20.0 Å². The molecule has 1 aromatic rings. The molecule has 0 saturated carbocycles. The van der Waals surface area contributed by atoms with Crippen molar-refractivity contribution in [1.29, 1.82) is 0 Å². The van der Waals surface area contributed by atoms with Crippen LogP contribution >= 0.6 is 11.6 Å². The fourth-order valence-corrected chi connectivity index (χ4v) is 1.34. The number of rotatable bonds is 4. The van der Waals surface area contributed by atoms with Gasteiger partial charge in [0, 0.05) is 0 Å². The van der Waals surface area contributed by atoms with Crippen molar-refractivity contribution in [2.24, 2.45) is 0 Å². The molecule has 1 rings (SSSR count). The van der Waals surface area contributed by atoms with E-state index in [9.17, 15) is 9.59 Å². The third-order valence-electron chi connectivity index (χ3n) is 1.92. The summed E-state index contributed by atoms with van der Waals surface area (Å²) in [6.45, 7) is 2.98. The summed E-state index contributed by atoms with van der Waals surface area (Å²) in [7, 11) is 0. The Morgan fingerprint density at radius 3 is 2.61 bits per heavy atom. The molecule has 5 nitrogen and oxygen atoms in total. The van der Waals surface area contributed by atoms with E-state index in [2.05, 4.69) is 0 Å². The quantitative estimate of drug-likeness (QED) is 0.670. The van der Waals surface area contributed by atoms with Crippen molar-refractivity contribution in [3.8, 4) is 0 Å². The van der Waals surface area contributed by atoms with Gasteiger partial charge in [0.25, 0.3) is 0 Å². The molecule has 0 aromatic heterocycles. The highest BCUT2D eigenvalue weighted by Gasteiger charge is 2.12. The lowest BCUT2D eigenvalue weighted by Gasteiger charge is -2.08. The van der Waals surface area contributed by atoms with Crippen LogP contribution in [0.1, 0.15) is 24.2 Å². The standard InChI is InChI=1S/C12H14ClNO4/c1-7(2)18-11(15)6-17-12(16)8-3-4-10(14)9(13)5-8/h3-5,7H,6,14H2,1-2H3. The topological polar surface area (TPSA) is 78.6 Å². The molecule has 0 heterocycles. The van der Waals surface area contributed by atoms with Crippen LogP contribution in [-0.4, -0.2) is 24.6 Å². The summed E-state index contributed by atoms with van der Waals surface area (Å²) < 4.78 is 9.59. The van der Waals surface area contributed by atoms with Gasteiger partial charge in [-0.25, -0.2) is 9.59 Å². The largest absolute Gasteiger partial charge is 0.460 e. The summed E-state index contributed by atoms with van der Waals surface area (Å²) in [6.07, 6.45) is -0.248. The van der Waals surface area contributed by atoms with Gasteiger partial charge in [-0.05, 0) is 32.0 Å². The second-order valence-corrected chi connectivity index (χ2v) is 4.26. The fraction of sp³-hybridized carbons (Fsp3) is 0.333. The Bertz CT molecular complexity index is 459. The number of halogens is 1. The lowest BCUT2D eigenvalue weighted by Crippen LogP contribution is -2.19. The van der Waals surface area contributed by atoms with E-state index in [1.54, 1.807) is 13.8 Å². The first-order chi connectivity index (χ1) is 8.40. The number of carbonyl (C=O) groups is 2. The molecule has 0 aliphatic heterocycles. The summed E-state index contributed by atoms with van der Waals surface area (Å²) in [5, 5.41) is 0.259. The number of hydrogen-bond donors (Lipinski definition) is 1. The molecular formula is C12H14ClNO4. The van der Waals surface area contributed by atoms with Crippen molar-refractivity contribution in [3.05, 3.63) is 28.8 Å². The highest BCUT2D eigenvalue weighted by Crippen LogP contribution is 2.20. The molecule has 18 heavy (non-hydrogen) atoms. The predicted molar refractivity (Wildman–Crippen MR) is 67.4 cm³/mol. The number of benzene rings is 1. The van der Waals surface area contributed by atoms with Crippen molar-refractivity contribution in [1.82, 2.24) is 0 Å². The van der Waals surface area contributed by atoms with Gasteiger partial charge in [0.15, 0.2) is 6.61 Å². The molecule has 0 radical (unpaired) electrons. The van der Waals surface area contributed by atoms with Gasteiger partial charge in [0.1, 0.15) is 0 Å². The maximum absolute atomic E-state index is 11.6. The van der Waals surface area contributed by atoms with Gasteiger partial charge in [-0.2, -0.15) is 0 Å². The van der Waals surface area contributed by atoms with Crippen LogP contribution in [0.5, 0.6) is 0 Å². The molecule has 0 unspecified atom stereocenters. The Labute approximate surface area is 110 Å². The van der Waals surface area contributed by atoms with Crippen LogP contribution in [0, 0.1) is 0 Å². The molecule has 0 aliphatic rings. The smallest absolute Gasteiger partial charge is 0.344 e. The Morgan fingerprint density at radius 1 is 1.39 bits per heavy atom. The Morgan fingerprint density at radius 2 is 2.06 bits per heavy atom. The van der Waals surface area contributed by atoms with Gasteiger partial charge in [0.05, 0.1) is 22.4 Å². The molecule has 1 aromatic carbocycles. The second kappa shape index (κ2) is 6.26. The minimum Gasteiger partial charge on any atom is -0.460 e. The van der Waals surface area contributed by atoms with E-state index in [1.807, 2.05) is 0 Å². The van der Waals surface area contributed by atoms with E-state index in [-0.39, 0.29) is 16.7 Å². The van der Waals surface area contributed by atoms with E-state index in [0.29, 0.717) is 5.69 Å². The van der Waals surface area contributed by atoms with E-state index in [4.69, 9.17) is 26.8 Å². The lowest BCUT2D eigenvalue weighted by molar-refractivity contribution is -0.150. The average molecular weight is 272 g/mol. The van der Waals surface area contributed by atoms with Gasteiger partial charge in [-0.15, -0.1) is 0 Å². The third kappa shape index (κ3) is 4.25. The zero-order valence-corrected chi connectivity index (χ0v) is 10.9. The summed E-state index contributed by atoms with van der Waals surface area (Å²) in [5.41, 5.74) is 6.10. The Hall–Kier alpha value is -1.75. The van der Waals surface area contributed by atoms with E-state index < -0.39 is 18.5 Å². The molecule has 2 N–H and O–H groups in total. The lowest BCUT2D eigenvalue weighted by atomic mass is 10.2. The molecule has 0 fully saturated rings. The maximum Gasteiger partial charge on any atom is 0.344 e. The normalized spacial score (nSPS) is 10.2. The van der Waals surface area contributed by atoms with E-state index in [0.717, 1.165) is 0 Å². The zero-order valence-electron chi connectivity index (χ0n) is 10.1. The first kappa shape index (κ1) is 14.3. The molecular weight excluding hydrogens is 258 g/mol. The van der Waals surface area contributed by atoms with Crippen LogP contribution in [0.2, 0.25) is 5.02 Å². The summed E-state index contributed by atoms with van der Waals surface area (Å²) in [6, 6.07) is 4.34. The summed E-state index contributed by atoms with van der Waals surface area (Å²) >= 11 is 5.77. The predicted octanol–water partition coefficient (Wildman–Crippen LogP) is 2.03. The van der Waals surface area contributed by atoms with Gasteiger partial charge in [-0.3, -0.25) is 0 Å². The van der Waals surface area contributed by atoms with E-state index in [1.165, 1.54) is 18.2 Å². The van der Waals surface area contributed by atoms with Crippen LogP contribution in [0.25, 0.3) is 0 Å². The van der Waals surface area contributed by atoms with Gasteiger partial charge >= 0.3 is 11.9 Å². The molecule has 98 valence electrons. The number of ether oxygens (including phenoxy) is 2. The first-order valence-electron chi connectivity index (χ1n) is 5.31. The monoisotopic (exact) mass is 271 g/mol. The number of esters is 2. The highest BCUT2D eigenvalue weighted by molar-refractivity contribution is 6.33. The molecule has 0 aliphatic carbocycles. The van der Waals surface area contributed by atoms with Gasteiger partial charge in [0.2, 0.25) is 0 Å². The first-order valence-corrected chi connectivity index (χ1v) is 5.69. The van der Waals surface area contributed by atoms with Crippen molar-refractivity contribution in [3.63, 3.8) is 0 Å². The van der Waals surface area contributed by atoms with Crippen molar-refractivity contribution in [2.75, 3.05) is 12.3 Å². The number of nitrogens with two attached hydrogens (primary N) is 1. The summed E-state index contributed by atoms with van der Waals surface area (Å²) in [4.78, 5) is 22.7. The Balaban J connectivity index is 2.55. The fourth-order valence-electron chi connectivity index (χ4n) is 1.16.